The van der Waals surface area contributed by atoms with E-state index in [1.54, 1.807) is 0 Å². The van der Waals surface area contributed by atoms with Crippen molar-refractivity contribution in [3.63, 3.8) is 0 Å². The molecule has 2 rings (SSSR count). The number of aromatic nitrogens is 2. The van der Waals surface area contributed by atoms with E-state index in [2.05, 4.69) is 10.1 Å². The Balaban J connectivity index is 2.40. The number of nitrogens with zero attached hydrogens (tertiary/aromatic N) is 2. The molecule has 0 aliphatic rings. The van der Waals surface area contributed by atoms with E-state index in [4.69, 9.17) is 10.3 Å². The second-order valence-electron chi connectivity index (χ2n) is 3.57. The first-order valence-electron chi connectivity index (χ1n) is 5.17. The molecule has 6 heteroatoms. The molecule has 1 aromatic carbocycles. The lowest BCUT2D eigenvalue weighted by Crippen LogP contribution is -2.10. The number of nitrogens with two attached hydrogens (primary N) is 1. The van der Waals surface area contributed by atoms with Crippen LogP contribution < -0.4 is 5.73 Å². The lowest BCUT2D eigenvalue weighted by atomic mass is 10.2. The highest BCUT2D eigenvalue weighted by Gasteiger charge is 2.18. The molecular formula is C11H11F2N3O. The van der Waals surface area contributed by atoms with E-state index in [9.17, 15) is 8.78 Å². The fraction of sp³-hybridized carbons (Fsp3) is 0.273. The van der Waals surface area contributed by atoms with Gasteiger partial charge in [-0.3, -0.25) is 0 Å². The van der Waals surface area contributed by atoms with Crippen molar-refractivity contribution in [3.05, 3.63) is 35.7 Å². The summed E-state index contributed by atoms with van der Waals surface area (Å²) in [6.45, 7) is 1.86. The molecule has 1 unspecified atom stereocenters. The second-order valence-corrected chi connectivity index (χ2v) is 3.57. The van der Waals surface area contributed by atoms with Crippen LogP contribution in [0.3, 0.4) is 0 Å². The van der Waals surface area contributed by atoms with Gasteiger partial charge in [-0.15, -0.1) is 0 Å². The van der Waals surface area contributed by atoms with E-state index >= 15 is 0 Å². The zero-order chi connectivity index (χ0) is 12.4. The lowest BCUT2D eigenvalue weighted by Gasteiger charge is -2.00. The number of hydrogen-bond acceptors (Lipinski definition) is 4. The van der Waals surface area contributed by atoms with Crippen LogP contribution in [-0.4, -0.2) is 10.1 Å². The quantitative estimate of drug-likeness (QED) is 0.893. The highest BCUT2D eigenvalue weighted by Crippen LogP contribution is 2.23. The van der Waals surface area contributed by atoms with Crippen LogP contribution in [0.25, 0.3) is 11.5 Å². The summed E-state index contributed by atoms with van der Waals surface area (Å²) in [5, 5.41) is 3.63. The van der Waals surface area contributed by atoms with Gasteiger partial charge in [0.25, 0.3) is 5.89 Å². The Bertz CT molecular complexity index is 527. The maximum atomic E-state index is 13.4. The molecule has 2 N–H and O–H groups in total. The largest absolute Gasteiger partial charge is 0.334 e. The molecule has 0 spiro atoms. The van der Waals surface area contributed by atoms with Crippen LogP contribution in [0.1, 0.15) is 25.2 Å². The topological polar surface area (TPSA) is 64.9 Å². The zero-order valence-electron chi connectivity index (χ0n) is 9.15. The third kappa shape index (κ3) is 2.16. The molecule has 0 saturated carbocycles. The average molecular weight is 239 g/mol. The molecule has 0 aliphatic heterocycles. The van der Waals surface area contributed by atoms with Crippen molar-refractivity contribution in [2.45, 2.75) is 19.4 Å². The maximum absolute atomic E-state index is 13.4. The van der Waals surface area contributed by atoms with Crippen molar-refractivity contribution >= 4 is 0 Å². The molecule has 0 bridgehead atoms. The molecule has 1 atom stereocenters. The van der Waals surface area contributed by atoms with Gasteiger partial charge in [-0.05, 0) is 18.6 Å². The smallest absolute Gasteiger partial charge is 0.261 e. The first kappa shape index (κ1) is 11.7. The van der Waals surface area contributed by atoms with Crippen molar-refractivity contribution in [2.75, 3.05) is 0 Å². The van der Waals surface area contributed by atoms with E-state index in [-0.39, 0.29) is 23.3 Å². The van der Waals surface area contributed by atoms with Gasteiger partial charge < -0.3 is 10.3 Å². The van der Waals surface area contributed by atoms with Crippen molar-refractivity contribution in [2.24, 2.45) is 5.73 Å². The Labute approximate surface area is 96.4 Å². The molecule has 2 aromatic rings. The van der Waals surface area contributed by atoms with E-state index in [1.807, 2.05) is 6.92 Å². The van der Waals surface area contributed by atoms with Gasteiger partial charge in [0.15, 0.2) is 17.5 Å². The molecular weight excluding hydrogens is 228 g/mol. The van der Waals surface area contributed by atoms with E-state index in [1.165, 1.54) is 12.1 Å². The predicted octanol–water partition coefficient (Wildman–Crippen LogP) is 2.42. The van der Waals surface area contributed by atoms with Crippen LogP contribution in [0.5, 0.6) is 0 Å². The molecule has 0 fully saturated rings. The predicted molar refractivity (Wildman–Crippen MR) is 56.9 cm³/mol. The molecule has 1 aromatic heterocycles. The second kappa shape index (κ2) is 4.58. The van der Waals surface area contributed by atoms with Gasteiger partial charge in [0.2, 0.25) is 0 Å². The van der Waals surface area contributed by atoms with Crippen LogP contribution >= 0.6 is 0 Å². The summed E-state index contributed by atoms with van der Waals surface area (Å²) in [5.41, 5.74) is 5.64. The third-order valence-electron chi connectivity index (χ3n) is 2.40. The monoisotopic (exact) mass is 239 g/mol. The normalized spacial score (nSPS) is 12.7. The number of benzene rings is 1. The summed E-state index contributed by atoms with van der Waals surface area (Å²) in [6, 6.07) is 3.39. The van der Waals surface area contributed by atoms with Crippen molar-refractivity contribution in [1.82, 2.24) is 10.1 Å². The fourth-order valence-corrected chi connectivity index (χ4v) is 1.35. The molecule has 0 saturated heterocycles. The Morgan fingerprint density at radius 2 is 2.18 bits per heavy atom. The fourth-order valence-electron chi connectivity index (χ4n) is 1.35. The van der Waals surface area contributed by atoms with Gasteiger partial charge >= 0.3 is 0 Å². The molecule has 17 heavy (non-hydrogen) atoms. The van der Waals surface area contributed by atoms with Gasteiger partial charge in [0, 0.05) is 0 Å². The van der Waals surface area contributed by atoms with Crippen molar-refractivity contribution < 1.29 is 13.3 Å². The first-order chi connectivity index (χ1) is 8.13. The van der Waals surface area contributed by atoms with Crippen LogP contribution in [0.4, 0.5) is 8.78 Å². The van der Waals surface area contributed by atoms with Gasteiger partial charge in [-0.25, -0.2) is 8.78 Å². The Morgan fingerprint density at radius 3 is 2.88 bits per heavy atom. The van der Waals surface area contributed by atoms with Crippen molar-refractivity contribution in [3.8, 4) is 11.5 Å². The maximum Gasteiger partial charge on any atom is 0.261 e. The first-order valence-corrected chi connectivity index (χ1v) is 5.17. The van der Waals surface area contributed by atoms with Crippen LogP contribution in [0, 0.1) is 11.6 Å². The van der Waals surface area contributed by atoms with Crippen LogP contribution in [0.15, 0.2) is 22.7 Å². The molecule has 4 nitrogen and oxygen atoms in total. The Kier molecular flexibility index (Phi) is 3.14. The summed E-state index contributed by atoms with van der Waals surface area (Å²) < 4.78 is 31.3. The standard InChI is InChI=1S/C11H11F2N3O/c1-2-8(14)10-15-11(17-16-10)6-4-3-5-7(12)9(6)13/h3-5,8H,2,14H2,1H3. The SMILES string of the molecule is CCC(N)c1noc(-c2cccc(F)c2F)n1. The summed E-state index contributed by atoms with van der Waals surface area (Å²) >= 11 is 0. The molecule has 90 valence electrons. The third-order valence-corrected chi connectivity index (χ3v) is 2.40. The summed E-state index contributed by atoms with van der Waals surface area (Å²) in [4.78, 5) is 3.94. The molecule has 0 radical (unpaired) electrons. The van der Waals surface area contributed by atoms with Gasteiger partial charge in [-0.2, -0.15) is 4.98 Å². The number of hydrogen-bond donors (Lipinski definition) is 1. The molecule has 1 heterocycles. The van der Waals surface area contributed by atoms with E-state index in [0.717, 1.165) is 6.07 Å². The van der Waals surface area contributed by atoms with Crippen molar-refractivity contribution in [1.29, 1.82) is 0 Å². The minimum Gasteiger partial charge on any atom is -0.334 e. The summed E-state index contributed by atoms with van der Waals surface area (Å²) in [5.74, 6) is -1.75. The zero-order valence-corrected chi connectivity index (χ0v) is 9.15. The Hall–Kier alpha value is -1.82. The highest BCUT2D eigenvalue weighted by atomic mass is 19.2. The van der Waals surface area contributed by atoms with E-state index in [0.29, 0.717) is 6.42 Å². The van der Waals surface area contributed by atoms with Gasteiger partial charge in [0.1, 0.15) is 0 Å². The van der Waals surface area contributed by atoms with Crippen LogP contribution in [0.2, 0.25) is 0 Å². The van der Waals surface area contributed by atoms with E-state index < -0.39 is 11.6 Å². The van der Waals surface area contributed by atoms with Crippen LogP contribution in [-0.2, 0) is 0 Å². The Morgan fingerprint density at radius 1 is 1.41 bits per heavy atom. The average Bonchev–Trinajstić information content (AvgIpc) is 2.81. The minimum absolute atomic E-state index is 0.0629. The van der Waals surface area contributed by atoms with Gasteiger partial charge in [-0.1, -0.05) is 18.1 Å². The van der Waals surface area contributed by atoms with Gasteiger partial charge in [0.05, 0.1) is 11.6 Å². The summed E-state index contributed by atoms with van der Waals surface area (Å²) in [7, 11) is 0. The number of halogens is 2. The summed E-state index contributed by atoms with van der Waals surface area (Å²) in [6.07, 6.45) is 0.630. The molecule has 0 amide bonds. The number of rotatable bonds is 3. The highest BCUT2D eigenvalue weighted by molar-refractivity contribution is 5.53. The minimum atomic E-state index is -1.01. The lowest BCUT2D eigenvalue weighted by molar-refractivity contribution is 0.411. The molecule has 0 aliphatic carbocycles.